The highest BCUT2D eigenvalue weighted by atomic mass is 16.5. The number of hydrogen-bond donors (Lipinski definition) is 1. The number of nitrogens with zero attached hydrogens (tertiary/aromatic N) is 5. The Bertz CT molecular complexity index is 1030. The molecular weight excluding hydrogens is 332 g/mol. The molecule has 0 unspecified atom stereocenters. The smallest absolute Gasteiger partial charge is 0.229 e. The van der Waals surface area contributed by atoms with Gasteiger partial charge < -0.3 is 14.8 Å². The Kier molecular flexibility index (Phi) is 4.06. The van der Waals surface area contributed by atoms with E-state index in [9.17, 15) is 0 Å². The Balaban J connectivity index is 1.67. The molecule has 4 aromatic rings. The third-order valence-electron chi connectivity index (χ3n) is 3.86. The standard InChI is InChI=1S/C18H16N6O2/c1-25-14-7-3-12(4-8-14)20-18-19-11-16-17(21-18)24(23-22-16)13-5-9-15(26-2)10-6-13/h3-11H,1-2H3,(H,19,20,21). The zero-order chi connectivity index (χ0) is 17.9. The van der Waals surface area contributed by atoms with E-state index in [1.54, 1.807) is 25.1 Å². The number of rotatable bonds is 5. The fraction of sp³-hybridized carbons (Fsp3) is 0.111. The summed E-state index contributed by atoms with van der Waals surface area (Å²) in [7, 11) is 3.26. The van der Waals surface area contributed by atoms with Crippen LogP contribution in [0.15, 0.2) is 54.7 Å². The van der Waals surface area contributed by atoms with Crippen LogP contribution in [-0.4, -0.2) is 39.2 Å². The number of ether oxygens (including phenoxy) is 2. The molecule has 0 aliphatic carbocycles. The molecule has 1 N–H and O–H groups in total. The van der Waals surface area contributed by atoms with Crippen LogP contribution in [-0.2, 0) is 0 Å². The van der Waals surface area contributed by atoms with Gasteiger partial charge in [-0.15, -0.1) is 5.10 Å². The topological polar surface area (TPSA) is 87.0 Å². The normalized spacial score (nSPS) is 10.7. The summed E-state index contributed by atoms with van der Waals surface area (Å²) < 4.78 is 12.0. The molecule has 0 atom stereocenters. The zero-order valence-electron chi connectivity index (χ0n) is 14.2. The van der Waals surface area contributed by atoms with Gasteiger partial charge in [0.2, 0.25) is 5.95 Å². The fourth-order valence-corrected chi connectivity index (χ4v) is 2.49. The van der Waals surface area contributed by atoms with Gasteiger partial charge in [-0.3, -0.25) is 0 Å². The number of aromatic nitrogens is 5. The van der Waals surface area contributed by atoms with Crippen molar-refractivity contribution in [3.05, 3.63) is 54.7 Å². The van der Waals surface area contributed by atoms with Gasteiger partial charge in [0, 0.05) is 5.69 Å². The summed E-state index contributed by atoms with van der Waals surface area (Å²) in [6, 6.07) is 15.0. The van der Waals surface area contributed by atoms with E-state index in [-0.39, 0.29) is 0 Å². The van der Waals surface area contributed by atoms with Gasteiger partial charge in [0.1, 0.15) is 11.5 Å². The highest BCUT2D eigenvalue weighted by Crippen LogP contribution is 2.21. The van der Waals surface area contributed by atoms with Gasteiger partial charge in [-0.1, -0.05) is 5.21 Å². The molecule has 0 aliphatic heterocycles. The second-order valence-corrected chi connectivity index (χ2v) is 5.46. The van der Waals surface area contributed by atoms with Crippen molar-refractivity contribution >= 4 is 22.8 Å². The molecule has 0 saturated heterocycles. The van der Waals surface area contributed by atoms with E-state index in [2.05, 4.69) is 25.6 Å². The summed E-state index contributed by atoms with van der Waals surface area (Å²) in [6.07, 6.45) is 1.64. The minimum absolute atomic E-state index is 0.458. The molecule has 0 saturated carbocycles. The molecule has 0 radical (unpaired) electrons. The quantitative estimate of drug-likeness (QED) is 0.593. The van der Waals surface area contributed by atoms with E-state index in [1.807, 2.05) is 48.5 Å². The van der Waals surface area contributed by atoms with Crippen molar-refractivity contribution < 1.29 is 9.47 Å². The van der Waals surface area contributed by atoms with Crippen molar-refractivity contribution in [2.45, 2.75) is 0 Å². The molecule has 0 aliphatic rings. The lowest BCUT2D eigenvalue weighted by Gasteiger charge is -2.07. The summed E-state index contributed by atoms with van der Waals surface area (Å²) in [6.45, 7) is 0. The molecule has 8 heteroatoms. The first-order valence-corrected chi connectivity index (χ1v) is 7.91. The molecule has 2 aromatic heterocycles. The zero-order valence-corrected chi connectivity index (χ0v) is 14.2. The van der Waals surface area contributed by atoms with Gasteiger partial charge in [-0.05, 0) is 48.5 Å². The summed E-state index contributed by atoms with van der Waals surface area (Å²) >= 11 is 0. The maximum atomic E-state index is 5.19. The second-order valence-electron chi connectivity index (χ2n) is 5.46. The summed E-state index contributed by atoms with van der Waals surface area (Å²) in [4.78, 5) is 8.84. The van der Waals surface area contributed by atoms with Crippen LogP contribution in [0.2, 0.25) is 0 Å². The van der Waals surface area contributed by atoms with Gasteiger partial charge in [0.15, 0.2) is 11.2 Å². The maximum Gasteiger partial charge on any atom is 0.229 e. The van der Waals surface area contributed by atoms with Gasteiger partial charge >= 0.3 is 0 Å². The predicted octanol–water partition coefficient (Wildman–Crippen LogP) is 2.97. The first-order valence-electron chi connectivity index (χ1n) is 7.91. The van der Waals surface area contributed by atoms with Gasteiger partial charge in [-0.2, -0.15) is 9.67 Å². The van der Waals surface area contributed by atoms with E-state index in [0.717, 1.165) is 22.9 Å². The minimum atomic E-state index is 0.458. The summed E-state index contributed by atoms with van der Waals surface area (Å²) in [5.74, 6) is 2.02. The number of methoxy groups -OCH3 is 2. The van der Waals surface area contributed by atoms with Crippen LogP contribution >= 0.6 is 0 Å². The Hall–Kier alpha value is -3.68. The van der Waals surface area contributed by atoms with Crippen LogP contribution in [0.4, 0.5) is 11.6 Å². The molecule has 8 nitrogen and oxygen atoms in total. The van der Waals surface area contributed by atoms with E-state index in [0.29, 0.717) is 17.1 Å². The van der Waals surface area contributed by atoms with E-state index < -0.39 is 0 Å². The van der Waals surface area contributed by atoms with Gasteiger partial charge in [-0.25, -0.2) is 4.98 Å². The van der Waals surface area contributed by atoms with Crippen molar-refractivity contribution in [1.29, 1.82) is 0 Å². The second kappa shape index (κ2) is 6.67. The highest BCUT2D eigenvalue weighted by Gasteiger charge is 2.10. The lowest BCUT2D eigenvalue weighted by molar-refractivity contribution is 0.414. The first kappa shape index (κ1) is 15.8. The number of fused-ring (bicyclic) bond motifs is 1. The van der Waals surface area contributed by atoms with Crippen molar-refractivity contribution in [3.63, 3.8) is 0 Å². The molecule has 0 fully saturated rings. The Morgan fingerprint density at radius 3 is 2.19 bits per heavy atom. The van der Waals surface area contributed by atoms with Crippen LogP contribution in [0.25, 0.3) is 16.9 Å². The van der Waals surface area contributed by atoms with Crippen molar-refractivity contribution in [1.82, 2.24) is 25.0 Å². The highest BCUT2D eigenvalue weighted by molar-refractivity contribution is 5.72. The number of nitrogens with one attached hydrogen (secondary N) is 1. The molecule has 0 spiro atoms. The van der Waals surface area contributed by atoms with E-state index >= 15 is 0 Å². The van der Waals surface area contributed by atoms with E-state index in [4.69, 9.17) is 9.47 Å². The van der Waals surface area contributed by atoms with Crippen molar-refractivity contribution in [2.24, 2.45) is 0 Å². The molecule has 4 rings (SSSR count). The van der Waals surface area contributed by atoms with Crippen LogP contribution in [0.1, 0.15) is 0 Å². The molecule has 2 heterocycles. The average Bonchev–Trinajstić information content (AvgIpc) is 3.12. The number of anilines is 2. The van der Waals surface area contributed by atoms with Gasteiger partial charge in [0.05, 0.1) is 26.1 Å². The molecule has 0 bridgehead atoms. The Morgan fingerprint density at radius 2 is 1.54 bits per heavy atom. The number of hydrogen-bond acceptors (Lipinski definition) is 7. The third-order valence-corrected chi connectivity index (χ3v) is 3.86. The molecule has 0 amide bonds. The van der Waals surface area contributed by atoms with E-state index in [1.165, 1.54) is 0 Å². The molecule has 26 heavy (non-hydrogen) atoms. The molecule has 2 aromatic carbocycles. The minimum Gasteiger partial charge on any atom is -0.497 e. The summed E-state index contributed by atoms with van der Waals surface area (Å²) in [5.41, 5.74) is 2.92. The monoisotopic (exact) mass is 348 g/mol. The van der Waals surface area contributed by atoms with Gasteiger partial charge in [0.25, 0.3) is 0 Å². The average molecular weight is 348 g/mol. The summed E-state index contributed by atoms with van der Waals surface area (Å²) in [5, 5.41) is 11.5. The van der Waals surface area contributed by atoms with Crippen molar-refractivity contribution in [3.8, 4) is 17.2 Å². The number of benzene rings is 2. The molecular formula is C18H16N6O2. The largest absolute Gasteiger partial charge is 0.497 e. The molecule has 130 valence electrons. The fourth-order valence-electron chi connectivity index (χ4n) is 2.49. The first-order chi connectivity index (χ1) is 12.8. The lowest BCUT2D eigenvalue weighted by Crippen LogP contribution is -2.01. The Labute approximate surface area is 149 Å². The SMILES string of the molecule is COc1ccc(Nc2ncc3nnn(-c4ccc(OC)cc4)c3n2)cc1. The van der Waals surface area contributed by atoms with Crippen LogP contribution < -0.4 is 14.8 Å². The lowest BCUT2D eigenvalue weighted by atomic mass is 10.3. The van der Waals surface area contributed by atoms with Crippen LogP contribution in [0, 0.1) is 0 Å². The Morgan fingerprint density at radius 1 is 0.885 bits per heavy atom. The predicted molar refractivity (Wildman–Crippen MR) is 97.3 cm³/mol. The third kappa shape index (κ3) is 3.00. The van der Waals surface area contributed by atoms with Crippen LogP contribution in [0.5, 0.6) is 11.5 Å². The maximum absolute atomic E-state index is 5.19. The van der Waals surface area contributed by atoms with Crippen LogP contribution in [0.3, 0.4) is 0 Å². The van der Waals surface area contributed by atoms with Crippen molar-refractivity contribution in [2.75, 3.05) is 19.5 Å².